The van der Waals surface area contributed by atoms with Crippen LogP contribution in [0.3, 0.4) is 0 Å². The molecule has 3 unspecified atom stereocenters. The maximum atomic E-state index is 14.5. The fourth-order valence-corrected chi connectivity index (χ4v) is 6.21. The molecule has 3 aromatic rings. The number of benzene rings is 3. The molecule has 0 aliphatic carbocycles. The van der Waals surface area contributed by atoms with Crippen LogP contribution in [-0.4, -0.2) is 39.7 Å². The molecule has 1 aliphatic rings. The molecule has 4 rings (SSSR count). The van der Waals surface area contributed by atoms with Gasteiger partial charge in [0, 0.05) is 18.4 Å². The van der Waals surface area contributed by atoms with E-state index in [1.54, 1.807) is 12.0 Å². The van der Waals surface area contributed by atoms with E-state index in [0.717, 1.165) is 22.4 Å². The molecule has 184 valence electrons. The Bertz CT molecular complexity index is 1130. The average molecular weight is 490 g/mol. The molecule has 0 saturated carbocycles. The lowest BCUT2D eigenvalue weighted by Crippen LogP contribution is -2.66. The number of aliphatic hydroxyl groups is 1. The molecule has 1 heterocycles. The second-order valence-electron chi connectivity index (χ2n) is 10.3. The third-order valence-corrected chi connectivity index (χ3v) is 7.86. The molecule has 1 aliphatic heterocycles. The number of likely N-dealkylation sites (tertiary alicyclic amines) is 1. The Balaban J connectivity index is 1.92. The van der Waals surface area contributed by atoms with Gasteiger partial charge in [0.1, 0.15) is 22.5 Å². The van der Waals surface area contributed by atoms with Crippen LogP contribution < -0.4 is 4.74 Å². The van der Waals surface area contributed by atoms with Crippen molar-refractivity contribution in [2.45, 2.75) is 45.1 Å². The number of aliphatic hydroxyl groups excluding tert-OH is 1. The molecule has 5 nitrogen and oxygen atoms in total. The van der Waals surface area contributed by atoms with E-state index in [2.05, 4.69) is 20.8 Å². The van der Waals surface area contributed by atoms with Crippen molar-refractivity contribution in [2.24, 2.45) is 11.3 Å². The van der Waals surface area contributed by atoms with Gasteiger partial charge in [0.2, 0.25) is 0 Å². The Morgan fingerprint density at radius 2 is 1.51 bits per heavy atom. The van der Waals surface area contributed by atoms with Gasteiger partial charge in [-0.2, -0.15) is 0 Å². The zero-order valence-electron chi connectivity index (χ0n) is 21.1. The van der Waals surface area contributed by atoms with E-state index in [-0.39, 0.29) is 29.7 Å². The van der Waals surface area contributed by atoms with Gasteiger partial charge in [-0.1, -0.05) is 93.6 Å². The molecule has 1 amide bonds. The lowest BCUT2D eigenvalue weighted by molar-refractivity contribution is -0.199. The molecule has 35 heavy (non-hydrogen) atoms. The number of hydrogen-bond acceptors (Lipinski definition) is 4. The minimum atomic E-state index is -1.24. The summed E-state index contributed by atoms with van der Waals surface area (Å²) in [6.07, 6.45) is -0.983. The predicted molar refractivity (Wildman–Crippen MR) is 141 cm³/mol. The van der Waals surface area contributed by atoms with Gasteiger partial charge in [-0.05, 0) is 34.2 Å². The SMILES string of the molecule is COc1ccc(CN2C(=O)[C@@](O[SiH3])(c3ccccc3)C(c3ccccc3)C(C(C)(C)C)C2O)cc1. The van der Waals surface area contributed by atoms with E-state index >= 15 is 0 Å². The van der Waals surface area contributed by atoms with Gasteiger partial charge in [-0.3, -0.25) is 4.79 Å². The van der Waals surface area contributed by atoms with Crippen molar-refractivity contribution >= 4 is 16.4 Å². The molecule has 0 bridgehead atoms. The topological polar surface area (TPSA) is 59.0 Å². The minimum Gasteiger partial charge on any atom is -0.497 e. The number of piperidine rings is 1. The molecule has 1 N–H and O–H groups in total. The van der Waals surface area contributed by atoms with Crippen LogP contribution in [0.5, 0.6) is 5.75 Å². The molecule has 1 fully saturated rings. The van der Waals surface area contributed by atoms with Gasteiger partial charge >= 0.3 is 0 Å². The van der Waals surface area contributed by atoms with Gasteiger partial charge < -0.3 is 19.2 Å². The largest absolute Gasteiger partial charge is 0.497 e. The summed E-state index contributed by atoms with van der Waals surface area (Å²) in [6, 6.07) is 27.4. The Morgan fingerprint density at radius 3 is 2.03 bits per heavy atom. The van der Waals surface area contributed by atoms with Crippen LogP contribution in [-0.2, 0) is 21.4 Å². The first-order chi connectivity index (χ1) is 16.7. The summed E-state index contributed by atoms with van der Waals surface area (Å²) in [6.45, 7) is 6.65. The molecule has 4 atom stereocenters. The fourth-order valence-electron chi connectivity index (χ4n) is 5.55. The quantitative estimate of drug-likeness (QED) is 0.532. The van der Waals surface area contributed by atoms with Crippen LogP contribution in [0.4, 0.5) is 0 Å². The zero-order chi connectivity index (χ0) is 25.2. The third-order valence-electron chi connectivity index (χ3n) is 7.21. The van der Waals surface area contributed by atoms with E-state index in [4.69, 9.17) is 9.16 Å². The highest BCUT2D eigenvalue weighted by Gasteiger charge is 2.61. The van der Waals surface area contributed by atoms with E-state index in [1.807, 2.05) is 84.9 Å². The maximum absolute atomic E-state index is 14.5. The van der Waals surface area contributed by atoms with Crippen molar-refractivity contribution in [1.82, 2.24) is 4.90 Å². The monoisotopic (exact) mass is 489 g/mol. The zero-order valence-corrected chi connectivity index (χ0v) is 23.1. The second kappa shape index (κ2) is 9.97. The number of carbonyl (C=O) groups excluding carboxylic acids is 1. The fraction of sp³-hybridized carbons (Fsp3) is 0.345. The van der Waals surface area contributed by atoms with E-state index in [9.17, 15) is 9.90 Å². The van der Waals surface area contributed by atoms with Crippen molar-refractivity contribution in [3.05, 3.63) is 102 Å². The highest BCUT2D eigenvalue weighted by Crippen LogP contribution is 2.55. The maximum Gasteiger partial charge on any atom is 0.261 e. The number of nitrogens with zero attached hydrogens (tertiary/aromatic N) is 1. The molecule has 1 saturated heterocycles. The summed E-state index contributed by atoms with van der Waals surface area (Å²) in [5.74, 6) is -0.109. The highest BCUT2D eigenvalue weighted by molar-refractivity contribution is 6.02. The van der Waals surface area contributed by atoms with Crippen molar-refractivity contribution in [1.29, 1.82) is 0 Å². The number of rotatable bonds is 6. The standard InChI is InChI=1S/C29H35NO4Si/c1-28(2,3)25-24(21-11-7-5-8-12-21)29(34-35,22-13-9-6-10-14-22)27(32)30(26(25)31)19-20-15-17-23(33-4)18-16-20/h5-18,24-26,31H,19H2,1-4,35H3/t24?,25?,26?,29-/m1/s1. The van der Waals surface area contributed by atoms with Gasteiger partial charge in [0.25, 0.3) is 5.91 Å². The lowest BCUT2D eigenvalue weighted by Gasteiger charge is -2.56. The van der Waals surface area contributed by atoms with Crippen LogP contribution in [0.1, 0.15) is 43.4 Å². The van der Waals surface area contributed by atoms with Crippen molar-refractivity contribution in [3.8, 4) is 5.75 Å². The number of hydrogen-bond donors (Lipinski definition) is 1. The molecule has 0 aromatic heterocycles. The van der Waals surface area contributed by atoms with Crippen LogP contribution in [0, 0.1) is 11.3 Å². The first kappa shape index (κ1) is 25.2. The van der Waals surface area contributed by atoms with Gasteiger partial charge in [0.05, 0.1) is 7.11 Å². The second-order valence-corrected chi connectivity index (χ2v) is 10.7. The van der Waals surface area contributed by atoms with Crippen LogP contribution >= 0.6 is 0 Å². The molecule has 0 spiro atoms. The summed E-state index contributed by atoms with van der Waals surface area (Å²) in [5, 5.41) is 11.8. The van der Waals surface area contributed by atoms with Crippen molar-refractivity contribution < 1.29 is 19.1 Å². The number of methoxy groups -OCH3 is 1. The van der Waals surface area contributed by atoms with E-state index < -0.39 is 11.8 Å². The molecular weight excluding hydrogens is 454 g/mol. The Hall–Kier alpha value is -2.93. The molecular formula is C29H35NO4Si. The van der Waals surface area contributed by atoms with Crippen molar-refractivity contribution in [3.63, 3.8) is 0 Å². The minimum absolute atomic E-state index is 0.212. The van der Waals surface area contributed by atoms with E-state index in [1.165, 1.54) is 0 Å². The smallest absolute Gasteiger partial charge is 0.261 e. The molecule has 0 radical (unpaired) electrons. The number of ether oxygens (including phenoxy) is 1. The summed E-state index contributed by atoms with van der Waals surface area (Å²) >= 11 is 0. The summed E-state index contributed by atoms with van der Waals surface area (Å²) in [7, 11) is 1.98. The van der Waals surface area contributed by atoms with Crippen LogP contribution in [0.25, 0.3) is 0 Å². The Labute approximate surface area is 211 Å². The van der Waals surface area contributed by atoms with E-state index in [0.29, 0.717) is 10.5 Å². The molecule has 6 heteroatoms. The predicted octanol–water partition coefficient (Wildman–Crippen LogP) is 3.99. The van der Waals surface area contributed by atoms with Gasteiger partial charge in [-0.15, -0.1) is 0 Å². The highest BCUT2D eigenvalue weighted by atomic mass is 28.2. The van der Waals surface area contributed by atoms with Crippen LogP contribution in [0.15, 0.2) is 84.9 Å². The average Bonchev–Trinajstić information content (AvgIpc) is 2.87. The first-order valence-corrected chi connectivity index (χ1v) is 12.8. The van der Waals surface area contributed by atoms with Crippen LogP contribution in [0.2, 0.25) is 0 Å². The summed E-state index contributed by atoms with van der Waals surface area (Å²) in [5.41, 5.74) is 1.16. The lowest BCUT2D eigenvalue weighted by atomic mass is 9.59. The third kappa shape index (κ3) is 4.54. The number of carbonyl (C=O) groups is 1. The van der Waals surface area contributed by atoms with Gasteiger partial charge in [0.15, 0.2) is 5.60 Å². The first-order valence-electron chi connectivity index (χ1n) is 12.0. The number of amides is 1. The normalized spacial score (nSPS) is 25.0. The van der Waals surface area contributed by atoms with Crippen molar-refractivity contribution in [2.75, 3.05) is 7.11 Å². The molecule has 3 aromatic carbocycles. The van der Waals surface area contributed by atoms with Gasteiger partial charge in [-0.25, -0.2) is 0 Å². The summed E-state index contributed by atoms with van der Waals surface area (Å²) in [4.78, 5) is 16.1. The Morgan fingerprint density at radius 1 is 0.943 bits per heavy atom. The Kier molecular flexibility index (Phi) is 7.17. The summed E-state index contributed by atoms with van der Waals surface area (Å²) < 4.78 is 11.7.